The van der Waals surface area contributed by atoms with Gasteiger partial charge in [-0.3, -0.25) is 9.69 Å². The van der Waals surface area contributed by atoms with Crippen molar-refractivity contribution >= 4 is 5.91 Å². The molecule has 1 saturated heterocycles. The maximum absolute atomic E-state index is 11.6. The van der Waals surface area contributed by atoms with Gasteiger partial charge < -0.3 is 5.32 Å². The third-order valence-corrected chi connectivity index (χ3v) is 3.45. The fourth-order valence-electron chi connectivity index (χ4n) is 1.98. The predicted octanol–water partition coefficient (Wildman–Crippen LogP) is 1.53. The highest BCUT2D eigenvalue weighted by Crippen LogP contribution is 2.29. The molecule has 0 radical (unpaired) electrons. The van der Waals surface area contributed by atoms with E-state index in [2.05, 4.69) is 23.2 Å². The van der Waals surface area contributed by atoms with Gasteiger partial charge in [-0.1, -0.05) is 13.3 Å². The molecule has 17 heavy (non-hydrogen) atoms. The van der Waals surface area contributed by atoms with Gasteiger partial charge in [-0.05, 0) is 26.2 Å². The molecule has 1 amide bonds. The zero-order valence-corrected chi connectivity index (χ0v) is 11.0. The van der Waals surface area contributed by atoms with Gasteiger partial charge in [-0.2, -0.15) is 5.26 Å². The number of likely N-dealkylation sites (tertiary alicyclic amines) is 1. The smallest absolute Gasteiger partial charge is 0.234 e. The van der Waals surface area contributed by atoms with Gasteiger partial charge in [0.2, 0.25) is 5.91 Å². The van der Waals surface area contributed by atoms with Gasteiger partial charge in [0.25, 0.3) is 0 Å². The van der Waals surface area contributed by atoms with Crippen molar-refractivity contribution in [2.24, 2.45) is 5.41 Å². The molecule has 0 spiro atoms. The first kappa shape index (κ1) is 14.0. The van der Waals surface area contributed by atoms with Gasteiger partial charge in [-0.15, -0.1) is 0 Å². The molecule has 4 nitrogen and oxygen atoms in total. The molecule has 1 heterocycles. The molecule has 1 aliphatic rings. The van der Waals surface area contributed by atoms with Gasteiger partial charge in [0, 0.05) is 19.6 Å². The number of nitrogens with zero attached hydrogens (tertiary/aromatic N) is 2. The zero-order chi connectivity index (χ0) is 12.7. The first-order valence-corrected chi connectivity index (χ1v) is 6.50. The Morgan fingerprint density at radius 1 is 1.47 bits per heavy atom. The van der Waals surface area contributed by atoms with Crippen molar-refractivity contribution in [2.75, 3.05) is 26.2 Å². The molecule has 0 saturated carbocycles. The van der Waals surface area contributed by atoms with Crippen molar-refractivity contribution in [3.8, 4) is 6.07 Å². The monoisotopic (exact) mass is 237 g/mol. The molecule has 1 N–H and O–H groups in total. The van der Waals surface area contributed by atoms with E-state index in [1.807, 2.05) is 6.92 Å². The Morgan fingerprint density at radius 3 is 2.65 bits per heavy atom. The van der Waals surface area contributed by atoms with Gasteiger partial charge in [-0.25, -0.2) is 0 Å². The SMILES string of the molecule is CCCCNC(=O)CN1CCC(C)(C#N)CC1. The van der Waals surface area contributed by atoms with Crippen molar-refractivity contribution in [1.82, 2.24) is 10.2 Å². The molecule has 1 fully saturated rings. The Labute approximate surface area is 104 Å². The fraction of sp³-hybridized carbons (Fsp3) is 0.846. The van der Waals surface area contributed by atoms with Gasteiger partial charge in [0.1, 0.15) is 0 Å². The number of carbonyl (C=O) groups excluding carboxylic acids is 1. The van der Waals surface area contributed by atoms with Crippen LogP contribution in [0.5, 0.6) is 0 Å². The maximum atomic E-state index is 11.6. The minimum absolute atomic E-state index is 0.110. The van der Waals surface area contributed by atoms with E-state index in [-0.39, 0.29) is 11.3 Å². The Bertz CT molecular complexity index is 288. The summed E-state index contributed by atoms with van der Waals surface area (Å²) in [4.78, 5) is 13.7. The normalized spacial score (nSPS) is 19.6. The van der Waals surface area contributed by atoms with Crippen LogP contribution in [0.1, 0.15) is 39.5 Å². The molecule has 96 valence electrons. The quantitative estimate of drug-likeness (QED) is 0.738. The second kappa shape index (κ2) is 6.61. The summed E-state index contributed by atoms with van der Waals surface area (Å²) in [6, 6.07) is 2.37. The summed E-state index contributed by atoms with van der Waals surface area (Å²) in [5.74, 6) is 0.110. The van der Waals surface area contributed by atoms with E-state index in [1.165, 1.54) is 0 Å². The van der Waals surface area contributed by atoms with Crippen molar-refractivity contribution in [3.63, 3.8) is 0 Å². The van der Waals surface area contributed by atoms with Crippen molar-refractivity contribution < 1.29 is 4.79 Å². The highest BCUT2D eigenvalue weighted by atomic mass is 16.2. The Hall–Kier alpha value is -1.08. The van der Waals surface area contributed by atoms with Crippen LogP contribution >= 0.6 is 0 Å². The summed E-state index contributed by atoms with van der Waals surface area (Å²) in [5.41, 5.74) is -0.185. The first-order valence-electron chi connectivity index (χ1n) is 6.50. The lowest BCUT2D eigenvalue weighted by Gasteiger charge is -2.34. The Morgan fingerprint density at radius 2 is 2.12 bits per heavy atom. The molecule has 0 bridgehead atoms. The van der Waals surface area contributed by atoms with Crippen LogP contribution in [0.2, 0.25) is 0 Å². The molecular formula is C13H23N3O. The lowest BCUT2D eigenvalue weighted by molar-refractivity contribution is -0.122. The topological polar surface area (TPSA) is 56.1 Å². The first-order chi connectivity index (χ1) is 8.09. The molecule has 0 aromatic carbocycles. The van der Waals surface area contributed by atoms with Crippen molar-refractivity contribution in [2.45, 2.75) is 39.5 Å². The summed E-state index contributed by atoms with van der Waals surface area (Å²) >= 11 is 0. The third-order valence-electron chi connectivity index (χ3n) is 3.45. The summed E-state index contributed by atoms with van der Waals surface area (Å²) < 4.78 is 0. The van der Waals surface area contributed by atoms with Crippen LogP contribution < -0.4 is 5.32 Å². The number of nitriles is 1. The minimum atomic E-state index is -0.185. The summed E-state index contributed by atoms with van der Waals surface area (Å²) in [7, 11) is 0. The van der Waals surface area contributed by atoms with Crippen LogP contribution in [0.25, 0.3) is 0 Å². The molecule has 0 aromatic rings. The molecule has 0 aliphatic carbocycles. The van der Waals surface area contributed by atoms with Crippen LogP contribution in [0, 0.1) is 16.7 Å². The fourth-order valence-corrected chi connectivity index (χ4v) is 1.98. The number of carbonyl (C=O) groups is 1. The second-order valence-corrected chi connectivity index (χ2v) is 5.15. The van der Waals surface area contributed by atoms with Gasteiger partial charge in [0.05, 0.1) is 18.0 Å². The standard InChI is InChI=1S/C13H23N3O/c1-3-4-7-15-12(17)10-16-8-5-13(2,11-14)6-9-16/h3-10H2,1-2H3,(H,15,17). The summed E-state index contributed by atoms with van der Waals surface area (Å²) in [5, 5.41) is 11.9. The number of piperidine rings is 1. The number of unbranched alkanes of at least 4 members (excludes halogenated alkanes) is 1. The Balaban J connectivity index is 2.22. The molecule has 4 heteroatoms. The van der Waals surface area contributed by atoms with Crippen LogP contribution in [-0.4, -0.2) is 37.0 Å². The van der Waals surface area contributed by atoms with E-state index in [0.29, 0.717) is 6.54 Å². The van der Waals surface area contributed by atoms with E-state index in [1.54, 1.807) is 0 Å². The number of amides is 1. The lowest BCUT2D eigenvalue weighted by Crippen LogP contribution is -2.43. The maximum Gasteiger partial charge on any atom is 0.234 e. The second-order valence-electron chi connectivity index (χ2n) is 5.15. The number of nitrogens with one attached hydrogen (secondary N) is 1. The molecule has 0 atom stereocenters. The van der Waals surface area contributed by atoms with Crippen molar-refractivity contribution in [1.29, 1.82) is 5.26 Å². The highest BCUT2D eigenvalue weighted by Gasteiger charge is 2.30. The largest absolute Gasteiger partial charge is 0.355 e. The van der Waals surface area contributed by atoms with E-state index < -0.39 is 0 Å². The van der Waals surface area contributed by atoms with Gasteiger partial charge >= 0.3 is 0 Å². The van der Waals surface area contributed by atoms with Crippen LogP contribution in [0.4, 0.5) is 0 Å². The summed E-state index contributed by atoms with van der Waals surface area (Å²) in [6.45, 7) is 7.08. The van der Waals surface area contributed by atoms with Crippen LogP contribution in [-0.2, 0) is 4.79 Å². The predicted molar refractivity (Wildman–Crippen MR) is 67.3 cm³/mol. The molecule has 1 rings (SSSR count). The van der Waals surface area contributed by atoms with E-state index in [4.69, 9.17) is 5.26 Å². The minimum Gasteiger partial charge on any atom is -0.355 e. The molecular weight excluding hydrogens is 214 g/mol. The number of hydrogen-bond acceptors (Lipinski definition) is 3. The molecule has 0 unspecified atom stereocenters. The lowest BCUT2D eigenvalue weighted by atomic mass is 9.82. The molecule has 0 aromatic heterocycles. The third kappa shape index (κ3) is 4.74. The van der Waals surface area contributed by atoms with E-state index in [0.717, 1.165) is 45.3 Å². The number of rotatable bonds is 5. The highest BCUT2D eigenvalue weighted by molar-refractivity contribution is 5.77. The average molecular weight is 237 g/mol. The number of hydrogen-bond donors (Lipinski definition) is 1. The average Bonchev–Trinajstić information content (AvgIpc) is 2.33. The molecule has 1 aliphatic heterocycles. The van der Waals surface area contributed by atoms with E-state index in [9.17, 15) is 4.79 Å². The van der Waals surface area contributed by atoms with E-state index >= 15 is 0 Å². The summed E-state index contributed by atoms with van der Waals surface area (Å²) in [6.07, 6.45) is 3.88. The Kier molecular flexibility index (Phi) is 5.43. The van der Waals surface area contributed by atoms with Crippen LogP contribution in [0.15, 0.2) is 0 Å². The zero-order valence-electron chi connectivity index (χ0n) is 11.0. The van der Waals surface area contributed by atoms with Crippen molar-refractivity contribution in [3.05, 3.63) is 0 Å². The van der Waals surface area contributed by atoms with Gasteiger partial charge in [0.15, 0.2) is 0 Å². The van der Waals surface area contributed by atoms with Crippen LogP contribution in [0.3, 0.4) is 0 Å².